The van der Waals surface area contributed by atoms with Crippen LogP contribution in [0.3, 0.4) is 0 Å². The molecule has 2 rings (SSSR count). The van der Waals surface area contributed by atoms with Crippen LogP contribution in [0.25, 0.3) is 0 Å². The average Bonchev–Trinajstić information content (AvgIpc) is 2.55. The Labute approximate surface area is 131 Å². The van der Waals surface area contributed by atoms with E-state index in [2.05, 4.69) is 11.4 Å². The summed E-state index contributed by atoms with van der Waals surface area (Å²) in [5.41, 5.74) is 1.54. The predicted molar refractivity (Wildman–Crippen MR) is 83.5 cm³/mol. The lowest BCUT2D eigenvalue weighted by molar-refractivity contribution is -0.132. The number of amides is 1. The molecule has 1 aliphatic rings. The van der Waals surface area contributed by atoms with E-state index in [4.69, 9.17) is 10.00 Å². The maximum Gasteiger partial charge on any atom is 0.236 e. The van der Waals surface area contributed by atoms with Gasteiger partial charge in [0.15, 0.2) is 0 Å². The number of rotatable bonds is 5. The van der Waals surface area contributed by atoms with Gasteiger partial charge in [-0.3, -0.25) is 9.69 Å². The van der Waals surface area contributed by atoms with Crippen LogP contribution in [0.5, 0.6) is 5.75 Å². The topological polar surface area (TPSA) is 68.6 Å². The van der Waals surface area contributed by atoms with Gasteiger partial charge in [-0.05, 0) is 24.7 Å². The summed E-state index contributed by atoms with van der Waals surface area (Å²) in [6.45, 7) is 4.31. The second-order valence-electron chi connectivity index (χ2n) is 5.45. The second-order valence-corrected chi connectivity index (χ2v) is 5.45. The predicted octanol–water partition coefficient (Wildman–Crippen LogP) is 0.430. The van der Waals surface area contributed by atoms with Gasteiger partial charge in [0.2, 0.25) is 5.91 Å². The molecule has 0 radical (unpaired) electrons. The Balaban J connectivity index is 1.92. The summed E-state index contributed by atoms with van der Waals surface area (Å²) in [5.74, 6) is 0.728. The number of carbonyl (C=O) groups excluding carboxylic acids is 1. The molecule has 1 aromatic carbocycles. The molecule has 0 spiro atoms. The van der Waals surface area contributed by atoms with Crippen molar-refractivity contribution in [3.05, 3.63) is 29.3 Å². The van der Waals surface area contributed by atoms with Crippen LogP contribution in [-0.4, -0.2) is 62.6 Å². The summed E-state index contributed by atoms with van der Waals surface area (Å²) in [4.78, 5) is 16.1. The lowest BCUT2D eigenvalue weighted by Crippen LogP contribution is -2.49. The zero-order valence-electron chi connectivity index (χ0n) is 13.1. The van der Waals surface area contributed by atoms with Crippen molar-refractivity contribution in [1.82, 2.24) is 15.1 Å². The van der Waals surface area contributed by atoms with Crippen LogP contribution in [0, 0.1) is 11.3 Å². The van der Waals surface area contributed by atoms with Crippen LogP contribution in [0.15, 0.2) is 18.2 Å². The summed E-state index contributed by atoms with van der Waals surface area (Å²) in [6.07, 6.45) is 0. The molecule has 1 aliphatic heterocycles. The number of piperazine rings is 1. The summed E-state index contributed by atoms with van der Waals surface area (Å²) >= 11 is 0. The highest BCUT2D eigenvalue weighted by atomic mass is 16.5. The fraction of sp³-hybridized carbons (Fsp3) is 0.500. The Morgan fingerprint density at radius 1 is 1.45 bits per heavy atom. The number of hydrogen-bond acceptors (Lipinski definition) is 5. The molecular weight excluding hydrogens is 280 g/mol. The highest BCUT2D eigenvalue weighted by Crippen LogP contribution is 2.20. The molecule has 0 aromatic heterocycles. The van der Waals surface area contributed by atoms with Crippen molar-refractivity contribution in [3.8, 4) is 11.8 Å². The van der Waals surface area contributed by atoms with Gasteiger partial charge in [0.05, 0.1) is 19.2 Å². The fourth-order valence-corrected chi connectivity index (χ4v) is 2.54. The van der Waals surface area contributed by atoms with E-state index in [1.54, 1.807) is 13.2 Å². The molecule has 0 aliphatic carbocycles. The van der Waals surface area contributed by atoms with Gasteiger partial charge in [-0.2, -0.15) is 5.26 Å². The molecule has 6 heteroatoms. The van der Waals surface area contributed by atoms with Crippen LogP contribution in [0.2, 0.25) is 0 Å². The highest BCUT2D eigenvalue weighted by Gasteiger charge is 2.17. The number of nitriles is 1. The van der Waals surface area contributed by atoms with E-state index in [9.17, 15) is 4.79 Å². The largest absolute Gasteiger partial charge is 0.495 e. The lowest BCUT2D eigenvalue weighted by atomic mass is 10.1. The first kappa shape index (κ1) is 16.3. The second kappa shape index (κ2) is 7.78. The van der Waals surface area contributed by atoms with E-state index in [1.165, 1.54) is 0 Å². The Morgan fingerprint density at radius 2 is 2.18 bits per heavy atom. The normalized spacial score (nSPS) is 14.7. The quantitative estimate of drug-likeness (QED) is 0.854. The van der Waals surface area contributed by atoms with Crippen LogP contribution < -0.4 is 10.1 Å². The Kier molecular flexibility index (Phi) is 5.75. The summed E-state index contributed by atoms with van der Waals surface area (Å²) < 4.78 is 5.21. The molecule has 22 heavy (non-hydrogen) atoms. The van der Waals surface area contributed by atoms with Gasteiger partial charge in [0.1, 0.15) is 11.8 Å². The van der Waals surface area contributed by atoms with Crippen molar-refractivity contribution in [2.45, 2.75) is 6.54 Å². The van der Waals surface area contributed by atoms with Gasteiger partial charge >= 0.3 is 0 Å². The first-order chi connectivity index (χ1) is 10.6. The molecule has 0 atom stereocenters. The minimum Gasteiger partial charge on any atom is -0.495 e. The Morgan fingerprint density at radius 3 is 2.82 bits per heavy atom. The van der Waals surface area contributed by atoms with Crippen molar-refractivity contribution in [2.75, 3.05) is 46.9 Å². The molecule has 0 bridgehead atoms. The Bertz CT molecular complexity index is 562. The van der Waals surface area contributed by atoms with Gasteiger partial charge in [-0.25, -0.2) is 0 Å². The SMILES string of the molecule is COc1cc(CN(C)CC(=O)N2CCNCC2)ccc1C#N. The first-order valence-electron chi connectivity index (χ1n) is 7.38. The van der Waals surface area contributed by atoms with Gasteiger partial charge in [-0.15, -0.1) is 0 Å². The maximum absolute atomic E-state index is 12.2. The summed E-state index contributed by atoms with van der Waals surface area (Å²) in [7, 11) is 3.47. The van der Waals surface area contributed by atoms with E-state index < -0.39 is 0 Å². The third kappa shape index (κ3) is 4.20. The smallest absolute Gasteiger partial charge is 0.236 e. The van der Waals surface area contributed by atoms with Crippen molar-refractivity contribution in [2.24, 2.45) is 0 Å². The number of ether oxygens (including phenoxy) is 1. The molecule has 118 valence electrons. The van der Waals surface area contributed by atoms with Crippen LogP contribution in [0.1, 0.15) is 11.1 Å². The lowest BCUT2D eigenvalue weighted by Gasteiger charge is -2.29. The van der Waals surface area contributed by atoms with Crippen molar-refractivity contribution in [3.63, 3.8) is 0 Å². The zero-order valence-corrected chi connectivity index (χ0v) is 13.1. The number of hydrogen-bond donors (Lipinski definition) is 1. The standard InChI is InChI=1S/C16H22N4O2/c1-19(12-16(21)20-7-5-18-6-8-20)11-13-3-4-14(10-17)15(9-13)22-2/h3-4,9,18H,5-8,11-12H2,1-2H3. The third-order valence-electron chi connectivity index (χ3n) is 3.71. The first-order valence-corrected chi connectivity index (χ1v) is 7.38. The highest BCUT2D eigenvalue weighted by molar-refractivity contribution is 5.78. The van der Waals surface area contributed by atoms with E-state index in [0.717, 1.165) is 31.7 Å². The fourth-order valence-electron chi connectivity index (χ4n) is 2.54. The molecule has 1 aromatic rings. The van der Waals surface area contributed by atoms with E-state index >= 15 is 0 Å². The number of nitrogens with one attached hydrogen (secondary N) is 1. The zero-order chi connectivity index (χ0) is 15.9. The van der Waals surface area contributed by atoms with Crippen LogP contribution in [-0.2, 0) is 11.3 Å². The number of nitrogens with zero attached hydrogens (tertiary/aromatic N) is 3. The Hall–Kier alpha value is -2.10. The van der Waals surface area contributed by atoms with Crippen molar-refractivity contribution >= 4 is 5.91 Å². The van der Waals surface area contributed by atoms with E-state index in [1.807, 2.05) is 29.0 Å². The number of methoxy groups -OCH3 is 1. The van der Waals surface area contributed by atoms with Gasteiger partial charge in [0, 0.05) is 32.7 Å². The van der Waals surface area contributed by atoms with Crippen LogP contribution in [0.4, 0.5) is 0 Å². The monoisotopic (exact) mass is 302 g/mol. The number of benzene rings is 1. The third-order valence-corrected chi connectivity index (χ3v) is 3.71. The van der Waals surface area contributed by atoms with Gasteiger partial charge < -0.3 is 15.0 Å². The summed E-state index contributed by atoms with van der Waals surface area (Å²) in [6, 6.07) is 7.59. The maximum atomic E-state index is 12.2. The molecule has 0 unspecified atom stereocenters. The average molecular weight is 302 g/mol. The molecule has 1 heterocycles. The number of carbonyl (C=O) groups is 1. The molecular formula is C16H22N4O2. The molecule has 1 saturated heterocycles. The number of likely N-dealkylation sites (N-methyl/N-ethyl adjacent to an activating group) is 1. The molecule has 6 nitrogen and oxygen atoms in total. The van der Waals surface area contributed by atoms with Crippen molar-refractivity contribution in [1.29, 1.82) is 5.26 Å². The summed E-state index contributed by atoms with van der Waals surface area (Å²) in [5, 5.41) is 12.2. The van der Waals surface area contributed by atoms with Gasteiger partial charge in [-0.1, -0.05) is 6.07 Å². The molecule has 1 fully saturated rings. The van der Waals surface area contributed by atoms with E-state index in [-0.39, 0.29) is 5.91 Å². The molecule has 0 saturated carbocycles. The van der Waals surface area contributed by atoms with Crippen molar-refractivity contribution < 1.29 is 9.53 Å². The minimum absolute atomic E-state index is 0.157. The van der Waals surface area contributed by atoms with Crippen LogP contribution >= 0.6 is 0 Å². The molecule has 1 N–H and O–H groups in total. The molecule has 1 amide bonds. The van der Waals surface area contributed by atoms with E-state index in [0.29, 0.717) is 24.4 Å². The minimum atomic E-state index is 0.157. The van der Waals surface area contributed by atoms with Gasteiger partial charge in [0.25, 0.3) is 0 Å².